The summed E-state index contributed by atoms with van der Waals surface area (Å²) in [6, 6.07) is 0. The maximum Gasteiger partial charge on any atom is 0.317 e. The van der Waals surface area contributed by atoms with Crippen molar-refractivity contribution in [2.24, 2.45) is 0 Å². The van der Waals surface area contributed by atoms with Crippen molar-refractivity contribution < 1.29 is 29.3 Å². The van der Waals surface area contributed by atoms with Gasteiger partial charge >= 0.3 is 5.97 Å². The van der Waals surface area contributed by atoms with Crippen LogP contribution in [0.4, 0.5) is 0 Å². The number of rotatable bonds is 5. The number of ketones is 1. The maximum atomic E-state index is 11.3. The second-order valence-corrected chi connectivity index (χ2v) is 5.80. The Kier molecular flexibility index (Phi) is 19.7. The SMILES string of the molecule is CC.CCN1CCOCCN(CC(C)=O)CCN(CC(=O)O)CC1.O=CO. The molecule has 1 saturated heterocycles. The van der Waals surface area contributed by atoms with Crippen LogP contribution in [0.25, 0.3) is 0 Å². The van der Waals surface area contributed by atoms with Crippen LogP contribution in [-0.4, -0.2) is 115 Å². The van der Waals surface area contributed by atoms with Crippen LogP contribution >= 0.6 is 0 Å². The van der Waals surface area contributed by atoms with Gasteiger partial charge in [-0.1, -0.05) is 20.8 Å². The summed E-state index contributed by atoms with van der Waals surface area (Å²) >= 11 is 0. The summed E-state index contributed by atoms with van der Waals surface area (Å²) in [6.07, 6.45) is 0. The molecule has 27 heavy (non-hydrogen) atoms. The lowest BCUT2D eigenvalue weighted by molar-refractivity contribution is -0.138. The second-order valence-electron chi connectivity index (χ2n) is 5.80. The molecule has 9 nitrogen and oxygen atoms in total. The lowest BCUT2D eigenvalue weighted by atomic mass is 10.3. The third-order valence-electron chi connectivity index (χ3n) is 3.82. The predicted molar refractivity (Wildman–Crippen MR) is 104 cm³/mol. The third-order valence-corrected chi connectivity index (χ3v) is 3.82. The van der Waals surface area contributed by atoms with Crippen molar-refractivity contribution in [3.05, 3.63) is 0 Å². The molecular weight excluding hydrogens is 354 g/mol. The standard InChI is InChI=1S/C15H29N3O4.C2H6.CH2O2/c1-3-16-4-5-17(13-15(20)21)6-7-18(12-14(2)19)9-11-22-10-8-16;1-2;2-1-3/h3-13H2,1-2H3,(H,20,21);1-2H3;1H,(H,2,3). The third kappa shape index (κ3) is 17.6. The second kappa shape index (κ2) is 19.2. The lowest BCUT2D eigenvalue weighted by Crippen LogP contribution is -2.44. The predicted octanol–water partition coefficient (Wildman–Crippen LogP) is 0.343. The van der Waals surface area contributed by atoms with Gasteiger partial charge in [0.15, 0.2) is 0 Å². The lowest BCUT2D eigenvalue weighted by Gasteiger charge is -2.29. The van der Waals surface area contributed by atoms with Crippen LogP contribution in [0.3, 0.4) is 0 Å². The minimum atomic E-state index is -0.809. The molecule has 160 valence electrons. The fraction of sp³-hybridized carbons (Fsp3) is 0.833. The van der Waals surface area contributed by atoms with Crippen LogP contribution in [-0.2, 0) is 19.1 Å². The first-order chi connectivity index (χ1) is 12.9. The number of hydrogen-bond donors (Lipinski definition) is 2. The molecule has 0 aromatic rings. The molecule has 0 unspecified atom stereocenters. The normalized spacial score (nSPS) is 17.8. The average Bonchev–Trinajstić information content (AvgIpc) is 2.61. The molecule has 1 aliphatic rings. The molecule has 0 saturated carbocycles. The van der Waals surface area contributed by atoms with Gasteiger partial charge in [-0.2, -0.15) is 0 Å². The van der Waals surface area contributed by atoms with Gasteiger partial charge in [-0.25, -0.2) is 0 Å². The summed E-state index contributed by atoms with van der Waals surface area (Å²) in [4.78, 5) is 37.0. The number of aliphatic carboxylic acids is 1. The highest BCUT2D eigenvalue weighted by molar-refractivity contribution is 5.77. The van der Waals surface area contributed by atoms with E-state index >= 15 is 0 Å². The van der Waals surface area contributed by atoms with Gasteiger partial charge in [0.1, 0.15) is 5.78 Å². The summed E-state index contributed by atoms with van der Waals surface area (Å²) in [5.41, 5.74) is 0. The van der Waals surface area contributed by atoms with Gasteiger partial charge in [0.2, 0.25) is 0 Å². The number of Topliss-reactive ketones (excluding diaryl/α,β-unsaturated/α-hetero) is 1. The smallest absolute Gasteiger partial charge is 0.317 e. The van der Waals surface area contributed by atoms with E-state index in [2.05, 4.69) is 11.8 Å². The van der Waals surface area contributed by atoms with Crippen molar-refractivity contribution in [1.82, 2.24) is 14.7 Å². The molecule has 1 fully saturated rings. The first-order valence-corrected chi connectivity index (χ1v) is 9.46. The zero-order valence-corrected chi connectivity index (χ0v) is 17.2. The van der Waals surface area contributed by atoms with Crippen LogP contribution in [0.2, 0.25) is 0 Å². The molecule has 1 rings (SSSR count). The average molecular weight is 392 g/mol. The van der Waals surface area contributed by atoms with E-state index < -0.39 is 5.97 Å². The fourth-order valence-corrected chi connectivity index (χ4v) is 2.53. The summed E-state index contributed by atoms with van der Waals surface area (Å²) in [6.45, 7) is 14.5. The Hall–Kier alpha value is -1.55. The first kappa shape index (κ1) is 27.7. The number of carboxylic acids is 1. The molecule has 2 N–H and O–H groups in total. The monoisotopic (exact) mass is 391 g/mol. The van der Waals surface area contributed by atoms with Crippen molar-refractivity contribution in [3.8, 4) is 0 Å². The molecule has 0 radical (unpaired) electrons. The number of carbonyl (C=O) groups is 3. The van der Waals surface area contributed by atoms with E-state index in [1.807, 2.05) is 23.6 Å². The summed E-state index contributed by atoms with van der Waals surface area (Å²) in [5, 5.41) is 15.9. The van der Waals surface area contributed by atoms with Gasteiger partial charge in [0, 0.05) is 39.3 Å². The zero-order valence-electron chi connectivity index (χ0n) is 17.2. The first-order valence-electron chi connectivity index (χ1n) is 9.46. The van der Waals surface area contributed by atoms with Crippen LogP contribution < -0.4 is 0 Å². The Balaban J connectivity index is 0. The minimum Gasteiger partial charge on any atom is -0.483 e. The number of ether oxygens (including phenoxy) is 1. The van der Waals surface area contributed by atoms with E-state index in [0.717, 1.165) is 19.6 Å². The summed E-state index contributed by atoms with van der Waals surface area (Å²) in [7, 11) is 0. The Morgan fingerprint density at radius 2 is 1.33 bits per heavy atom. The summed E-state index contributed by atoms with van der Waals surface area (Å²) in [5.74, 6) is -0.689. The molecule has 0 aliphatic carbocycles. The number of likely N-dealkylation sites (N-methyl/N-ethyl adjacent to an activating group) is 1. The molecule has 0 aromatic carbocycles. The van der Waals surface area contributed by atoms with Gasteiger partial charge in [-0.15, -0.1) is 0 Å². The highest BCUT2D eigenvalue weighted by Crippen LogP contribution is 1.98. The number of carboxylic acid groups (broad SMARTS) is 2. The van der Waals surface area contributed by atoms with E-state index in [9.17, 15) is 9.59 Å². The molecule has 0 bridgehead atoms. The number of nitrogens with zero attached hydrogens (tertiary/aromatic N) is 3. The molecule has 1 heterocycles. The molecular formula is C18H37N3O6. The van der Waals surface area contributed by atoms with Crippen molar-refractivity contribution >= 4 is 18.2 Å². The van der Waals surface area contributed by atoms with Crippen molar-refractivity contribution in [2.45, 2.75) is 27.7 Å². The van der Waals surface area contributed by atoms with E-state index in [0.29, 0.717) is 45.9 Å². The van der Waals surface area contributed by atoms with Gasteiger partial charge in [-0.3, -0.25) is 24.2 Å². The molecule has 0 atom stereocenters. The van der Waals surface area contributed by atoms with E-state index in [1.165, 1.54) is 0 Å². The van der Waals surface area contributed by atoms with E-state index in [1.54, 1.807) is 6.92 Å². The highest BCUT2D eigenvalue weighted by atomic mass is 16.5. The van der Waals surface area contributed by atoms with Crippen molar-refractivity contribution in [3.63, 3.8) is 0 Å². The molecule has 0 spiro atoms. The zero-order chi connectivity index (χ0) is 21.1. The van der Waals surface area contributed by atoms with Crippen molar-refractivity contribution in [2.75, 3.05) is 72.1 Å². The minimum absolute atomic E-state index is 0.0436. The fourth-order valence-electron chi connectivity index (χ4n) is 2.53. The topological polar surface area (TPSA) is 111 Å². The van der Waals surface area contributed by atoms with Gasteiger partial charge in [0.25, 0.3) is 6.47 Å². The highest BCUT2D eigenvalue weighted by Gasteiger charge is 2.15. The van der Waals surface area contributed by atoms with Gasteiger partial charge in [0.05, 0.1) is 26.3 Å². The van der Waals surface area contributed by atoms with Gasteiger partial charge in [-0.05, 0) is 13.5 Å². The van der Waals surface area contributed by atoms with Crippen LogP contribution in [0.5, 0.6) is 0 Å². The van der Waals surface area contributed by atoms with E-state index in [-0.39, 0.29) is 18.8 Å². The largest absolute Gasteiger partial charge is 0.483 e. The molecule has 0 aromatic heterocycles. The van der Waals surface area contributed by atoms with E-state index in [4.69, 9.17) is 19.7 Å². The maximum absolute atomic E-state index is 11.3. The number of hydrogen-bond acceptors (Lipinski definition) is 7. The Bertz CT molecular complexity index is 395. The van der Waals surface area contributed by atoms with Crippen LogP contribution in [0, 0.1) is 0 Å². The molecule has 9 heteroatoms. The summed E-state index contributed by atoms with van der Waals surface area (Å²) < 4.78 is 5.64. The Labute approximate surface area is 162 Å². The molecule has 0 amide bonds. The number of carbonyl (C=O) groups excluding carboxylic acids is 1. The van der Waals surface area contributed by atoms with Crippen LogP contribution in [0.1, 0.15) is 27.7 Å². The Morgan fingerprint density at radius 3 is 1.74 bits per heavy atom. The quantitative estimate of drug-likeness (QED) is 0.641. The van der Waals surface area contributed by atoms with Crippen LogP contribution in [0.15, 0.2) is 0 Å². The Morgan fingerprint density at radius 1 is 0.926 bits per heavy atom. The van der Waals surface area contributed by atoms with Crippen molar-refractivity contribution in [1.29, 1.82) is 0 Å². The van der Waals surface area contributed by atoms with Gasteiger partial charge < -0.3 is 19.8 Å². The molecule has 1 aliphatic heterocycles.